The van der Waals surface area contributed by atoms with E-state index in [9.17, 15) is 4.79 Å². The Labute approximate surface area is 116 Å². The fourth-order valence-electron chi connectivity index (χ4n) is 2.98. The molecule has 1 unspecified atom stereocenters. The summed E-state index contributed by atoms with van der Waals surface area (Å²) in [6.45, 7) is 9.46. The lowest BCUT2D eigenvalue weighted by molar-refractivity contribution is -0.114. The first-order valence-electron chi connectivity index (χ1n) is 7.03. The zero-order valence-electron chi connectivity index (χ0n) is 12.4. The topological polar surface area (TPSA) is 32.3 Å². The van der Waals surface area contributed by atoms with Gasteiger partial charge in [0.25, 0.3) is 0 Å². The molecule has 104 valence electrons. The normalized spacial score (nSPS) is 20.5. The molecule has 1 aromatic rings. The van der Waals surface area contributed by atoms with Gasteiger partial charge in [-0.25, -0.2) is 0 Å². The smallest absolute Gasteiger partial charge is 0.221 e. The van der Waals surface area contributed by atoms with Gasteiger partial charge in [0.05, 0.1) is 0 Å². The SMILES string of the molecule is CC(=O)Nc1ccccc1C1CCCN1C(C)(C)C. The number of hydrogen-bond donors (Lipinski definition) is 1. The Hall–Kier alpha value is -1.35. The minimum atomic E-state index is -0.00671. The molecule has 1 aromatic carbocycles. The summed E-state index contributed by atoms with van der Waals surface area (Å²) in [6, 6.07) is 8.57. The van der Waals surface area contributed by atoms with Crippen LogP contribution in [0.25, 0.3) is 0 Å². The van der Waals surface area contributed by atoms with E-state index in [2.05, 4.69) is 43.1 Å². The lowest BCUT2D eigenvalue weighted by Gasteiger charge is -2.37. The van der Waals surface area contributed by atoms with Crippen molar-refractivity contribution >= 4 is 11.6 Å². The molecule has 0 saturated carbocycles. The monoisotopic (exact) mass is 260 g/mol. The molecular formula is C16H24N2O. The first kappa shape index (κ1) is 14.1. The second kappa shape index (κ2) is 5.33. The maximum Gasteiger partial charge on any atom is 0.221 e. The Kier molecular flexibility index (Phi) is 3.95. The summed E-state index contributed by atoms with van der Waals surface area (Å²) in [7, 11) is 0. The summed E-state index contributed by atoms with van der Waals surface area (Å²) in [5, 5.41) is 2.96. The Morgan fingerprint density at radius 1 is 1.32 bits per heavy atom. The fourth-order valence-corrected chi connectivity index (χ4v) is 2.98. The third kappa shape index (κ3) is 3.16. The molecule has 1 aliphatic rings. The second-order valence-electron chi connectivity index (χ2n) is 6.29. The molecule has 0 aromatic heterocycles. The molecule has 1 heterocycles. The van der Waals surface area contributed by atoms with Gasteiger partial charge in [0, 0.05) is 24.2 Å². The molecule has 1 saturated heterocycles. The van der Waals surface area contributed by atoms with E-state index in [0.717, 1.165) is 18.7 Å². The zero-order chi connectivity index (χ0) is 14.0. The van der Waals surface area contributed by atoms with Crippen LogP contribution in [-0.2, 0) is 4.79 Å². The molecule has 3 heteroatoms. The predicted octanol–water partition coefficient (Wildman–Crippen LogP) is 3.58. The van der Waals surface area contributed by atoms with Crippen LogP contribution in [0.4, 0.5) is 5.69 Å². The number of likely N-dealkylation sites (tertiary alicyclic amines) is 1. The van der Waals surface area contributed by atoms with Crippen LogP contribution in [0.15, 0.2) is 24.3 Å². The van der Waals surface area contributed by atoms with Crippen LogP contribution in [0.5, 0.6) is 0 Å². The van der Waals surface area contributed by atoms with Gasteiger partial charge in [-0.2, -0.15) is 0 Å². The van der Waals surface area contributed by atoms with Gasteiger partial charge in [0.1, 0.15) is 0 Å². The molecule has 1 aliphatic heterocycles. The summed E-state index contributed by atoms with van der Waals surface area (Å²) < 4.78 is 0. The summed E-state index contributed by atoms with van der Waals surface area (Å²) in [5.74, 6) is -0.00671. The number of benzene rings is 1. The van der Waals surface area contributed by atoms with Gasteiger partial charge in [-0.1, -0.05) is 18.2 Å². The van der Waals surface area contributed by atoms with Crippen molar-refractivity contribution in [1.82, 2.24) is 4.90 Å². The third-order valence-corrected chi connectivity index (χ3v) is 3.74. The first-order chi connectivity index (χ1) is 8.89. The van der Waals surface area contributed by atoms with E-state index < -0.39 is 0 Å². The summed E-state index contributed by atoms with van der Waals surface area (Å²) >= 11 is 0. The fraction of sp³-hybridized carbons (Fsp3) is 0.562. The quantitative estimate of drug-likeness (QED) is 0.881. The van der Waals surface area contributed by atoms with E-state index >= 15 is 0 Å². The molecule has 0 aliphatic carbocycles. The first-order valence-corrected chi connectivity index (χ1v) is 7.03. The van der Waals surface area contributed by atoms with Crippen molar-refractivity contribution in [3.63, 3.8) is 0 Å². The molecule has 1 N–H and O–H groups in total. The summed E-state index contributed by atoms with van der Waals surface area (Å²) in [4.78, 5) is 13.9. The van der Waals surface area contributed by atoms with Crippen LogP contribution >= 0.6 is 0 Å². The van der Waals surface area contributed by atoms with Gasteiger partial charge < -0.3 is 5.32 Å². The predicted molar refractivity (Wildman–Crippen MR) is 79.2 cm³/mol. The highest BCUT2D eigenvalue weighted by Crippen LogP contribution is 2.39. The van der Waals surface area contributed by atoms with Crippen LogP contribution in [0.2, 0.25) is 0 Å². The van der Waals surface area contributed by atoms with Crippen LogP contribution < -0.4 is 5.32 Å². The van der Waals surface area contributed by atoms with Crippen LogP contribution in [0.1, 0.15) is 52.1 Å². The maximum atomic E-state index is 11.3. The number of hydrogen-bond acceptors (Lipinski definition) is 2. The Balaban J connectivity index is 2.33. The standard InChI is InChI=1S/C16H24N2O/c1-12(19)17-14-9-6-5-8-13(14)15-10-7-11-18(15)16(2,3)4/h5-6,8-9,15H,7,10-11H2,1-4H3,(H,17,19). The van der Waals surface area contributed by atoms with Gasteiger partial charge in [0.15, 0.2) is 0 Å². The van der Waals surface area contributed by atoms with Crippen molar-refractivity contribution in [3.05, 3.63) is 29.8 Å². The lowest BCUT2D eigenvalue weighted by Crippen LogP contribution is -2.40. The van der Waals surface area contributed by atoms with Crippen molar-refractivity contribution < 1.29 is 4.79 Å². The number of anilines is 1. The Morgan fingerprint density at radius 2 is 2.00 bits per heavy atom. The van der Waals surface area contributed by atoms with Crippen molar-refractivity contribution in [2.24, 2.45) is 0 Å². The largest absolute Gasteiger partial charge is 0.326 e. The number of carbonyl (C=O) groups excluding carboxylic acids is 1. The highest BCUT2D eigenvalue weighted by Gasteiger charge is 2.34. The van der Waals surface area contributed by atoms with Gasteiger partial charge in [-0.3, -0.25) is 9.69 Å². The third-order valence-electron chi connectivity index (χ3n) is 3.74. The number of rotatable bonds is 2. The number of amides is 1. The Morgan fingerprint density at radius 3 is 2.63 bits per heavy atom. The molecule has 19 heavy (non-hydrogen) atoms. The second-order valence-corrected chi connectivity index (χ2v) is 6.29. The molecule has 0 radical (unpaired) electrons. The summed E-state index contributed by atoms with van der Waals surface area (Å²) in [5.41, 5.74) is 2.35. The molecule has 1 atom stereocenters. The van der Waals surface area contributed by atoms with E-state index in [1.54, 1.807) is 6.92 Å². The molecule has 0 spiro atoms. The average Bonchev–Trinajstić information content (AvgIpc) is 2.77. The summed E-state index contributed by atoms with van der Waals surface area (Å²) in [6.07, 6.45) is 2.38. The average molecular weight is 260 g/mol. The van der Waals surface area contributed by atoms with Gasteiger partial charge in [-0.05, 0) is 51.8 Å². The van der Waals surface area contributed by atoms with E-state index in [-0.39, 0.29) is 11.4 Å². The highest BCUT2D eigenvalue weighted by molar-refractivity contribution is 5.89. The zero-order valence-corrected chi connectivity index (χ0v) is 12.4. The van der Waals surface area contributed by atoms with Crippen LogP contribution in [0.3, 0.4) is 0 Å². The van der Waals surface area contributed by atoms with Crippen molar-refractivity contribution in [3.8, 4) is 0 Å². The van der Waals surface area contributed by atoms with E-state index in [0.29, 0.717) is 6.04 Å². The number of nitrogens with zero attached hydrogens (tertiary/aromatic N) is 1. The molecule has 3 nitrogen and oxygen atoms in total. The van der Waals surface area contributed by atoms with Gasteiger partial charge in [0.2, 0.25) is 5.91 Å². The van der Waals surface area contributed by atoms with Crippen LogP contribution in [-0.4, -0.2) is 22.9 Å². The molecular weight excluding hydrogens is 236 g/mol. The molecule has 2 rings (SSSR count). The lowest BCUT2D eigenvalue weighted by atomic mass is 9.98. The van der Waals surface area contributed by atoms with E-state index in [4.69, 9.17) is 0 Å². The molecule has 1 amide bonds. The van der Waals surface area contributed by atoms with E-state index in [1.807, 2.05) is 12.1 Å². The van der Waals surface area contributed by atoms with Crippen molar-refractivity contribution in [1.29, 1.82) is 0 Å². The Bertz CT molecular complexity index is 462. The van der Waals surface area contributed by atoms with Crippen molar-refractivity contribution in [2.75, 3.05) is 11.9 Å². The minimum absolute atomic E-state index is 0.00671. The van der Waals surface area contributed by atoms with Gasteiger partial charge >= 0.3 is 0 Å². The minimum Gasteiger partial charge on any atom is -0.326 e. The van der Waals surface area contributed by atoms with Gasteiger partial charge in [-0.15, -0.1) is 0 Å². The van der Waals surface area contributed by atoms with E-state index in [1.165, 1.54) is 12.0 Å². The number of carbonyl (C=O) groups is 1. The van der Waals surface area contributed by atoms with Crippen molar-refractivity contribution in [2.45, 2.75) is 52.1 Å². The maximum absolute atomic E-state index is 11.3. The number of nitrogens with one attached hydrogen (secondary N) is 1. The number of para-hydroxylation sites is 1. The molecule has 1 fully saturated rings. The van der Waals surface area contributed by atoms with Crippen LogP contribution in [0, 0.1) is 0 Å². The highest BCUT2D eigenvalue weighted by atomic mass is 16.1. The molecule has 0 bridgehead atoms.